The number of nitrogens with one attached hydrogen (secondary N) is 1. The zero-order chi connectivity index (χ0) is 13.2. The van der Waals surface area contributed by atoms with Crippen LogP contribution in [-0.4, -0.2) is 35.5 Å². The lowest BCUT2D eigenvalue weighted by atomic mass is 9.77. The number of urea groups is 1. The number of nitrogens with two attached hydrogens (primary N) is 1. The van der Waals surface area contributed by atoms with E-state index < -0.39 is 5.54 Å². The van der Waals surface area contributed by atoms with Gasteiger partial charge in [0.1, 0.15) is 5.54 Å². The van der Waals surface area contributed by atoms with Gasteiger partial charge in [0.15, 0.2) is 0 Å². The van der Waals surface area contributed by atoms with Crippen LogP contribution >= 0.6 is 0 Å². The van der Waals surface area contributed by atoms with E-state index in [4.69, 9.17) is 5.73 Å². The number of imide groups is 1. The molecule has 3 N–H and O–H groups in total. The van der Waals surface area contributed by atoms with Crippen LogP contribution in [0.4, 0.5) is 4.79 Å². The molecule has 0 aromatic rings. The lowest BCUT2D eigenvalue weighted by Gasteiger charge is -2.33. The standard InChI is InChI=1S/C13H23N3O2/c1-10-4-6-13(7-5-10)11(17)16(12(18)15-13)9-3-2-8-14/h10H,2-9,14H2,1H3,(H,15,18). The van der Waals surface area contributed by atoms with Crippen LogP contribution < -0.4 is 11.1 Å². The molecule has 0 aromatic carbocycles. The van der Waals surface area contributed by atoms with Gasteiger partial charge in [-0.2, -0.15) is 0 Å². The molecular weight excluding hydrogens is 230 g/mol. The maximum absolute atomic E-state index is 12.4. The van der Waals surface area contributed by atoms with Gasteiger partial charge in [0.05, 0.1) is 0 Å². The minimum absolute atomic E-state index is 0.0172. The van der Waals surface area contributed by atoms with Crippen LogP contribution in [0.3, 0.4) is 0 Å². The van der Waals surface area contributed by atoms with Crippen LogP contribution in [0.25, 0.3) is 0 Å². The molecule has 5 heteroatoms. The van der Waals surface area contributed by atoms with E-state index in [1.54, 1.807) is 0 Å². The maximum atomic E-state index is 12.4. The lowest BCUT2D eigenvalue weighted by Crippen LogP contribution is -2.49. The van der Waals surface area contributed by atoms with Crippen LogP contribution in [0.1, 0.15) is 45.4 Å². The van der Waals surface area contributed by atoms with Crippen molar-refractivity contribution in [1.29, 1.82) is 0 Å². The first-order valence-electron chi connectivity index (χ1n) is 6.93. The molecule has 102 valence electrons. The van der Waals surface area contributed by atoms with Crippen molar-refractivity contribution in [2.75, 3.05) is 13.1 Å². The number of unbranched alkanes of at least 4 members (excludes halogenated alkanes) is 1. The monoisotopic (exact) mass is 253 g/mol. The maximum Gasteiger partial charge on any atom is 0.325 e. The summed E-state index contributed by atoms with van der Waals surface area (Å²) in [5.41, 5.74) is 4.84. The molecule has 2 aliphatic rings. The van der Waals surface area contributed by atoms with Gasteiger partial charge < -0.3 is 11.1 Å². The molecule has 0 bridgehead atoms. The van der Waals surface area contributed by atoms with Crippen molar-refractivity contribution >= 4 is 11.9 Å². The minimum Gasteiger partial charge on any atom is -0.330 e. The Labute approximate surface area is 108 Å². The smallest absolute Gasteiger partial charge is 0.325 e. The van der Waals surface area contributed by atoms with Gasteiger partial charge in [-0.05, 0) is 51.0 Å². The number of rotatable bonds is 4. The van der Waals surface area contributed by atoms with E-state index in [1.165, 1.54) is 4.90 Å². The van der Waals surface area contributed by atoms with Gasteiger partial charge in [-0.3, -0.25) is 9.69 Å². The second-order valence-corrected chi connectivity index (χ2v) is 5.65. The topological polar surface area (TPSA) is 75.4 Å². The zero-order valence-corrected chi connectivity index (χ0v) is 11.1. The van der Waals surface area contributed by atoms with E-state index in [0.717, 1.165) is 38.5 Å². The van der Waals surface area contributed by atoms with Crippen molar-refractivity contribution in [1.82, 2.24) is 10.2 Å². The third kappa shape index (κ3) is 2.36. The SMILES string of the molecule is CC1CCC2(CC1)NC(=O)N(CCCCN)C2=O. The number of hydrogen-bond acceptors (Lipinski definition) is 3. The fraction of sp³-hybridized carbons (Fsp3) is 0.846. The summed E-state index contributed by atoms with van der Waals surface area (Å²) in [4.78, 5) is 25.7. The summed E-state index contributed by atoms with van der Waals surface area (Å²) in [6, 6.07) is -0.216. The Morgan fingerprint density at radius 1 is 1.33 bits per heavy atom. The molecule has 2 fully saturated rings. The first kappa shape index (κ1) is 13.3. The molecule has 1 heterocycles. The Hall–Kier alpha value is -1.10. The van der Waals surface area contributed by atoms with Crippen LogP contribution in [-0.2, 0) is 4.79 Å². The van der Waals surface area contributed by atoms with Gasteiger partial charge >= 0.3 is 6.03 Å². The number of nitrogens with zero attached hydrogens (tertiary/aromatic N) is 1. The first-order chi connectivity index (χ1) is 8.59. The molecule has 1 saturated carbocycles. The lowest BCUT2D eigenvalue weighted by molar-refractivity contribution is -0.132. The average Bonchev–Trinajstić information content (AvgIpc) is 2.58. The summed E-state index contributed by atoms with van der Waals surface area (Å²) in [5.74, 6) is 0.642. The van der Waals surface area contributed by atoms with Crippen LogP contribution in [0.5, 0.6) is 0 Å². The number of carbonyl (C=O) groups is 2. The van der Waals surface area contributed by atoms with Crippen molar-refractivity contribution in [3.05, 3.63) is 0 Å². The van der Waals surface area contributed by atoms with Crippen molar-refractivity contribution in [2.24, 2.45) is 11.7 Å². The van der Waals surface area contributed by atoms with E-state index in [9.17, 15) is 9.59 Å². The molecule has 1 saturated heterocycles. The minimum atomic E-state index is -0.591. The molecule has 1 spiro atoms. The fourth-order valence-electron chi connectivity index (χ4n) is 2.89. The molecule has 0 atom stereocenters. The van der Waals surface area contributed by atoms with Crippen LogP contribution in [0, 0.1) is 5.92 Å². The van der Waals surface area contributed by atoms with Gasteiger partial charge in [-0.25, -0.2) is 4.79 Å². The fourth-order valence-corrected chi connectivity index (χ4v) is 2.89. The van der Waals surface area contributed by atoms with Gasteiger partial charge in [0.25, 0.3) is 5.91 Å². The molecule has 5 nitrogen and oxygen atoms in total. The summed E-state index contributed by atoms with van der Waals surface area (Å²) in [6.07, 6.45) is 5.24. The highest BCUT2D eigenvalue weighted by atomic mass is 16.2. The van der Waals surface area contributed by atoms with Crippen LogP contribution in [0.2, 0.25) is 0 Å². The van der Waals surface area contributed by atoms with E-state index >= 15 is 0 Å². The summed E-state index contributed by atoms with van der Waals surface area (Å²) in [7, 11) is 0. The molecule has 1 aliphatic carbocycles. The quantitative estimate of drug-likeness (QED) is 0.584. The van der Waals surface area contributed by atoms with Crippen molar-refractivity contribution in [2.45, 2.75) is 51.0 Å². The Morgan fingerprint density at radius 3 is 2.61 bits per heavy atom. The van der Waals surface area contributed by atoms with Crippen molar-refractivity contribution in [3.8, 4) is 0 Å². The highest BCUT2D eigenvalue weighted by Crippen LogP contribution is 2.36. The third-order valence-corrected chi connectivity index (χ3v) is 4.21. The van der Waals surface area contributed by atoms with Gasteiger partial charge in [0, 0.05) is 6.54 Å². The van der Waals surface area contributed by atoms with Gasteiger partial charge in [0.2, 0.25) is 0 Å². The molecule has 18 heavy (non-hydrogen) atoms. The summed E-state index contributed by atoms with van der Waals surface area (Å²) in [6.45, 7) is 3.30. The molecule has 2 rings (SSSR count). The third-order valence-electron chi connectivity index (χ3n) is 4.21. The molecular formula is C13H23N3O2. The molecule has 0 unspecified atom stereocenters. The Morgan fingerprint density at radius 2 is 2.00 bits per heavy atom. The predicted molar refractivity (Wildman–Crippen MR) is 68.9 cm³/mol. The molecule has 0 radical (unpaired) electrons. The van der Waals surface area contributed by atoms with E-state index in [0.29, 0.717) is 19.0 Å². The number of hydrogen-bond donors (Lipinski definition) is 2. The predicted octanol–water partition coefficient (Wildman–Crippen LogP) is 1.23. The summed E-state index contributed by atoms with van der Waals surface area (Å²) < 4.78 is 0. The Kier molecular flexibility index (Phi) is 3.90. The van der Waals surface area contributed by atoms with Gasteiger partial charge in [-0.15, -0.1) is 0 Å². The highest BCUT2D eigenvalue weighted by Gasteiger charge is 2.51. The Balaban J connectivity index is 1.99. The van der Waals surface area contributed by atoms with Crippen molar-refractivity contribution in [3.63, 3.8) is 0 Å². The van der Waals surface area contributed by atoms with E-state index in [2.05, 4.69) is 12.2 Å². The van der Waals surface area contributed by atoms with E-state index in [-0.39, 0.29) is 11.9 Å². The Bertz CT molecular complexity index is 335. The second kappa shape index (κ2) is 5.26. The van der Waals surface area contributed by atoms with Gasteiger partial charge in [-0.1, -0.05) is 6.92 Å². The molecule has 0 aromatic heterocycles. The normalized spacial score (nSPS) is 32.1. The second-order valence-electron chi connectivity index (χ2n) is 5.65. The summed E-state index contributed by atoms with van der Waals surface area (Å²) in [5, 5.41) is 2.92. The molecule has 1 aliphatic heterocycles. The number of amides is 3. The summed E-state index contributed by atoms with van der Waals surface area (Å²) >= 11 is 0. The van der Waals surface area contributed by atoms with Crippen LogP contribution in [0.15, 0.2) is 0 Å². The average molecular weight is 253 g/mol. The highest BCUT2D eigenvalue weighted by molar-refractivity contribution is 6.07. The largest absolute Gasteiger partial charge is 0.330 e. The number of carbonyl (C=O) groups excluding carboxylic acids is 2. The molecule has 3 amide bonds. The first-order valence-corrected chi connectivity index (χ1v) is 6.93. The van der Waals surface area contributed by atoms with E-state index in [1.807, 2.05) is 0 Å². The van der Waals surface area contributed by atoms with Crippen molar-refractivity contribution < 1.29 is 9.59 Å². The zero-order valence-electron chi connectivity index (χ0n) is 11.1.